The molecule has 1 aromatic heterocycles. The Morgan fingerprint density at radius 2 is 1.85 bits per heavy atom. The molecule has 1 aliphatic heterocycles. The molecule has 2 aromatic carbocycles. The summed E-state index contributed by atoms with van der Waals surface area (Å²) in [4.78, 5) is 34.0. The number of nitrogens with zero attached hydrogens (tertiary/aromatic N) is 1. The molecule has 6 nitrogen and oxygen atoms in total. The number of aromatic amines is 1. The second-order valence-corrected chi connectivity index (χ2v) is 9.10. The lowest BCUT2D eigenvalue weighted by Gasteiger charge is -2.32. The summed E-state index contributed by atoms with van der Waals surface area (Å²) in [5.74, 6) is 1.66. The summed E-state index contributed by atoms with van der Waals surface area (Å²) in [6.07, 6.45) is 2.07. The van der Waals surface area contributed by atoms with Crippen molar-refractivity contribution in [2.45, 2.75) is 43.0 Å². The van der Waals surface area contributed by atoms with Gasteiger partial charge in [-0.25, -0.2) is 4.98 Å². The summed E-state index contributed by atoms with van der Waals surface area (Å²) < 4.78 is 5.57. The zero-order valence-electron chi connectivity index (χ0n) is 18.4. The fourth-order valence-corrected chi connectivity index (χ4v) is 5.31. The highest BCUT2D eigenvalue weighted by molar-refractivity contribution is 7.98. The Balaban J connectivity index is 1.54. The third-order valence-corrected chi connectivity index (χ3v) is 6.92. The molecule has 0 amide bonds. The monoisotopic (exact) mass is 459 g/mol. The van der Waals surface area contributed by atoms with E-state index in [2.05, 4.69) is 22.4 Å². The van der Waals surface area contributed by atoms with Gasteiger partial charge in [-0.2, -0.15) is 0 Å². The molecular weight excluding hydrogens is 434 g/mol. The number of Topliss-reactive ketones (excluding diaryl/α,β-unsaturated/α-hetero) is 1. The van der Waals surface area contributed by atoms with E-state index in [9.17, 15) is 9.59 Å². The Labute approximate surface area is 196 Å². The van der Waals surface area contributed by atoms with Gasteiger partial charge in [-0.15, -0.1) is 0 Å². The predicted octanol–water partition coefficient (Wildman–Crippen LogP) is 5.03. The predicted molar refractivity (Wildman–Crippen MR) is 130 cm³/mol. The van der Waals surface area contributed by atoms with Crippen LogP contribution in [0.15, 0.2) is 75.8 Å². The lowest BCUT2D eigenvalue weighted by Crippen LogP contribution is -2.32. The van der Waals surface area contributed by atoms with Crippen molar-refractivity contribution in [2.75, 3.05) is 11.9 Å². The fourth-order valence-electron chi connectivity index (χ4n) is 4.49. The van der Waals surface area contributed by atoms with Crippen molar-refractivity contribution in [1.82, 2.24) is 9.97 Å². The number of thioether (sulfide) groups is 1. The van der Waals surface area contributed by atoms with Crippen molar-refractivity contribution in [3.8, 4) is 5.75 Å². The van der Waals surface area contributed by atoms with E-state index in [0.29, 0.717) is 40.9 Å². The first-order chi connectivity index (χ1) is 16.1. The minimum Gasteiger partial charge on any atom is -0.494 e. The minimum absolute atomic E-state index is 0.0928. The molecule has 1 atom stereocenters. The van der Waals surface area contributed by atoms with E-state index < -0.39 is 5.92 Å². The van der Waals surface area contributed by atoms with Gasteiger partial charge < -0.3 is 15.0 Å². The van der Waals surface area contributed by atoms with Gasteiger partial charge in [0.1, 0.15) is 11.6 Å². The molecule has 0 radical (unpaired) electrons. The molecule has 0 saturated heterocycles. The molecule has 2 heterocycles. The first-order valence-electron chi connectivity index (χ1n) is 11.2. The van der Waals surface area contributed by atoms with Crippen LogP contribution in [0.3, 0.4) is 0 Å². The van der Waals surface area contributed by atoms with E-state index in [4.69, 9.17) is 9.72 Å². The molecule has 1 aliphatic carbocycles. The second kappa shape index (κ2) is 9.27. The highest BCUT2D eigenvalue weighted by Crippen LogP contribution is 2.43. The number of anilines is 1. The van der Waals surface area contributed by atoms with Crippen molar-refractivity contribution >= 4 is 23.4 Å². The number of carbonyl (C=O) groups is 1. The van der Waals surface area contributed by atoms with E-state index in [1.54, 1.807) is 0 Å². The number of hydrogen-bond donors (Lipinski definition) is 2. The van der Waals surface area contributed by atoms with E-state index >= 15 is 0 Å². The summed E-state index contributed by atoms with van der Waals surface area (Å²) in [6, 6.07) is 17.7. The maximum absolute atomic E-state index is 13.3. The highest BCUT2D eigenvalue weighted by Gasteiger charge is 2.37. The van der Waals surface area contributed by atoms with Gasteiger partial charge in [-0.05, 0) is 43.0 Å². The number of aromatic nitrogens is 2. The number of hydrogen-bond acceptors (Lipinski definition) is 6. The minimum atomic E-state index is -0.441. The Morgan fingerprint density at radius 1 is 1.06 bits per heavy atom. The van der Waals surface area contributed by atoms with E-state index in [1.165, 1.54) is 11.8 Å². The van der Waals surface area contributed by atoms with Gasteiger partial charge in [0.15, 0.2) is 10.9 Å². The molecule has 0 bridgehead atoms. The largest absolute Gasteiger partial charge is 0.494 e. The van der Waals surface area contributed by atoms with Crippen LogP contribution in [0.4, 0.5) is 5.82 Å². The zero-order chi connectivity index (χ0) is 22.8. The molecule has 33 heavy (non-hydrogen) atoms. The topological polar surface area (TPSA) is 84.1 Å². The van der Waals surface area contributed by atoms with Crippen LogP contribution >= 0.6 is 11.8 Å². The maximum atomic E-state index is 13.3. The molecule has 2 N–H and O–H groups in total. The van der Waals surface area contributed by atoms with Crippen LogP contribution in [0.2, 0.25) is 0 Å². The lowest BCUT2D eigenvalue weighted by molar-refractivity contribution is -0.116. The summed E-state index contributed by atoms with van der Waals surface area (Å²) >= 11 is 1.49. The quantitative estimate of drug-likeness (QED) is 0.398. The number of ether oxygens (including phenoxy) is 1. The standard InChI is InChI=1S/C26H25N3O3S/c1-2-32-18-13-11-17(12-14-18)21-22-19(9-6-10-20(22)30)27-24-23(21)25(31)29-26(28-24)33-15-16-7-4-3-5-8-16/h3-5,7-8,11-14,21H,2,6,9-10,15H2,1H3,(H2,27,28,29,31)/t21-/m0/s1. The molecule has 168 valence electrons. The third-order valence-electron chi connectivity index (χ3n) is 5.98. The van der Waals surface area contributed by atoms with Crippen molar-refractivity contribution in [3.05, 3.63) is 92.9 Å². The van der Waals surface area contributed by atoms with Gasteiger partial charge in [0.05, 0.1) is 12.2 Å². The van der Waals surface area contributed by atoms with Gasteiger partial charge >= 0.3 is 0 Å². The van der Waals surface area contributed by atoms with E-state index in [1.807, 2.05) is 49.4 Å². The average molecular weight is 460 g/mol. The third kappa shape index (κ3) is 4.33. The van der Waals surface area contributed by atoms with Crippen LogP contribution in [0.25, 0.3) is 0 Å². The molecule has 3 aromatic rings. The number of carbonyl (C=O) groups excluding carboxylic acids is 1. The number of ketones is 1. The molecule has 5 rings (SSSR count). The Morgan fingerprint density at radius 3 is 2.61 bits per heavy atom. The Kier molecular flexibility index (Phi) is 6.05. The molecule has 0 unspecified atom stereocenters. The number of rotatable bonds is 6. The van der Waals surface area contributed by atoms with Gasteiger partial charge in [-0.3, -0.25) is 9.59 Å². The van der Waals surface area contributed by atoms with Gasteiger partial charge in [-0.1, -0.05) is 54.2 Å². The molecular formula is C26H25N3O3S. The highest BCUT2D eigenvalue weighted by atomic mass is 32.2. The van der Waals surface area contributed by atoms with Crippen LogP contribution in [0, 0.1) is 0 Å². The maximum Gasteiger partial charge on any atom is 0.257 e. The van der Waals surface area contributed by atoms with Crippen LogP contribution in [-0.2, 0) is 10.5 Å². The average Bonchev–Trinajstić information content (AvgIpc) is 2.83. The summed E-state index contributed by atoms with van der Waals surface area (Å²) in [7, 11) is 0. The Bertz CT molecular complexity index is 1270. The summed E-state index contributed by atoms with van der Waals surface area (Å²) in [6.45, 7) is 2.52. The molecule has 0 spiro atoms. The number of benzene rings is 2. The lowest BCUT2D eigenvalue weighted by atomic mass is 9.76. The van der Waals surface area contributed by atoms with Crippen LogP contribution in [0.1, 0.15) is 48.8 Å². The first kappa shape index (κ1) is 21.5. The summed E-state index contributed by atoms with van der Waals surface area (Å²) in [5.41, 5.74) is 3.90. The summed E-state index contributed by atoms with van der Waals surface area (Å²) in [5, 5.41) is 3.89. The van der Waals surface area contributed by atoms with Crippen molar-refractivity contribution in [1.29, 1.82) is 0 Å². The normalized spacial score (nSPS) is 17.2. The molecule has 7 heteroatoms. The number of fused-ring (bicyclic) bond motifs is 1. The van der Waals surface area contributed by atoms with Crippen LogP contribution in [0.5, 0.6) is 5.75 Å². The molecule has 2 aliphatic rings. The zero-order valence-corrected chi connectivity index (χ0v) is 19.2. The van der Waals surface area contributed by atoms with Crippen molar-refractivity contribution in [3.63, 3.8) is 0 Å². The molecule has 0 fully saturated rings. The Hall–Kier alpha value is -3.32. The number of allylic oxidation sites excluding steroid dienone is 2. The smallest absolute Gasteiger partial charge is 0.257 e. The van der Waals surface area contributed by atoms with Gasteiger partial charge in [0.25, 0.3) is 5.56 Å². The van der Waals surface area contributed by atoms with Gasteiger partial charge in [0, 0.05) is 29.4 Å². The van der Waals surface area contributed by atoms with Gasteiger partial charge in [0.2, 0.25) is 0 Å². The van der Waals surface area contributed by atoms with Crippen molar-refractivity contribution < 1.29 is 9.53 Å². The fraction of sp³-hybridized carbons (Fsp3) is 0.269. The number of nitrogens with one attached hydrogen (secondary N) is 2. The van der Waals surface area contributed by atoms with E-state index in [-0.39, 0.29) is 11.3 Å². The van der Waals surface area contributed by atoms with Crippen LogP contribution in [-0.4, -0.2) is 22.4 Å². The SMILES string of the molecule is CCOc1ccc([C@H]2C3=C(CCCC3=O)Nc3nc(SCc4ccccc4)[nH]c(=O)c32)cc1. The van der Waals surface area contributed by atoms with E-state index in [0.717, 1.165) is 35.4 Å². The number of H-pyrrole nitrogens is 1. The van der Waals surface area contributed by atoms with Crippen molar-refractivity contribution in [2.24, 2.45) is 0 Å². The van der Waals surface area contributed by atoms with Crippen LogP contribution < -0.4 is 15.6 Å². The first-order valence-corrected chi connectivity index (χ1v) is 12.2. The molecule has 0 saturated carbocycles. The second-order valence-electron chi connectivity index (χ2n) is 8.14.